The van der Waals surface area contributed by atoms with Gasteiger partial charge in [-0.2, -0.15) is 8.42 Å². The van der Waals surface area contributed by atoms with E-state index < -0.39 is 10.1 Å². The predicted molar refractivity (Wildman–Crippen MR) is 83.7 cm³/mol. The van der Waals surface area contributed by atoms with Crippen molar-refractivity contribution in [3.8, 4) is 5.75 Å². The molecule has 0 N–H and O–H groups in total. The van der Waals surface area contributed by atoms with Crippen LogP contribution in [0.3, 0.4) is 0 Å². The average Bonchev–Trinajstić information content (AvgIpc) is 2.49. The maximum absolute atomic E-state index is 12.3. The van der Waals surface area contributed by atoms with E-state index in [0.717, 1.165) is 9.86 Å². The monoisotopic (exact) mass is 363 g/mol. The van der Waals surface area contributed by atoms with E-state index >= 15 is 0 Å². The minimum Gasteiger partial charge on any atom is -0.377 e. The minimum atomic E-state index is -3.87. The molecule has 0 aliphatic carbocycles. The van der Waals surface area contributed by atoms with Crippen LogP contribution in [-0.2, 0) is 10.1 Å². The fraction of sp³-hybridized carbons (Fsp3) is 0. The largest absolute Gasteiger partial charge is 0.377 e. The average molecular weight is 364 g/mol. The number of benzene rings is 2. The van der Waals surface area contributed by atoms with Crippen molar-refractivity contribution in [1.82, 2.24) is 4.98 Å². The Morgan fingerprint density at radius 3 is 2.48 bits per heavy atom. The number of aromatic nitrogens is 1. The molecule has 0 bridgehead atoms. The van der Waals surface area contributed by atoms with Crippen LogP contribution in [0.15, 0.2) is 70.2 Å². The molecule has 2 aromatic carbocycles. The van der Waals surface area contributed by atoms with Gasteiger partial charge in [0.1, 0.15) is 10.4 Å². The quantitative estimate of drug-likeness (QED) is 0.664. The molecule has 0 aliphatic rings. The van der Waals surface area contributed by atoms with Crippen LogP contribution >= 0.6 is 15.9 Å². The standard InChI is InChI=1S/C15H10BrNO3S/c16-13-9-10-17-15-12(13)7-4-8-14(15)20-21(18,19)11-5-2-1-3-6-11/h1-10H. The van der Waals surface area contributed by atoms with Gasteiger partial charge in [0.25, 0.3) is 0 Å². The van der Waals surface area contributed by atoms with Gasteiger partial charge < -0.3 is 4.18 Å². The Kier molecular flexibility index (Phi) is 3.65. The molecule has 0 aliphatic heterocycles. The molecule has 3 rings (SSSR count). The molecule has 0 radical (unpaired) electrons. The molecule has 1 aromatic heterocycles. The van der Waals surface area contributed by atoms with Crippen molar-refractivity contribution in [2.45, 2.75) is 4.90 Å². The summed E-state index contributed by atoms with van der Waals surface area (Å²) in [5.41, 5.74) is 0.492. The van der Waals surface area contributed by atoms with Crippen molar-refractivity contribution in [3.05, 3.63) is 65.3 Å². The van der Waals surface area contributed by atoms with Crippen LogP contribution in [0.2, 0.25) is 0 Å². The van der Waals surface area contributed by atoms with Crippen LogP contribution in [0.4, 0.5) is 0 Å². The van der Waals surface area contributed by atoms with E-state index in [0.29, 0.717) is 5.52 Å². The Balaban J connectivity index is 2.09. The van der Waals surface area contributed by atoms with E-state index in [4.69, 9.17) is 4.18 Å². The lowest BCUT2D eigenvalue weighted by Gasteiger charge is -2.09. The Hall–Kier alpha value is -1.92. The SMILES string of the molecule is O=S(=O)(Oc1cccc2c(Br)ccnc12)c1ccccc1. The maximum Gasteiger partial charge on any atom is 0.339 e. The Morgan fingerprint density at radius 2 is 1.71 bits per heavy atom. The van der Waals surface area contributed by atoms with Gasteiger partial charge >= 0.3 is 10.1 Å². The van der Waals surface area contributed by atoms with E-state index in [-0.39, 0.29) is 10.6 Å². The van der Waals surface area contributed by atoms with Crippen molar-refractivity contribution in [3.63, 3.8) is 0 Å². The number of hydrogen-bond acceptors (Lipinski definition) is 4. The highest BCUT2D eigenvalue weighted by Gasteiger charge is 2.18. The third-order valence-corrected chi connectivity index (χ3v) is 4.85. The molecule has 1 heterocycles. The lowest BCUT2D eigenvalue weighted by Crippen LogP contribution is -2.10. The highest BCUT2D eigenvalue weighted by Crippen LogP contribution is 2.30. The van der Waals surface area contributed by atoms with Gasteiger partial charge in [-0.25, -0.2) is 0 Å². The van der Waals surface area contributed by atoms with Gasteiger partial charge in [-0.05, 0) is 24.3 Å². The molecule has 21 heavy (non-hydrogen) atoms. The van der Waals surface area contributed by atoms with E-state index in [9.17, 15) is 8.42 Å². The first-order chi connectivity index (χ1) is 10.1. The van der Waals surface area contributed by atoms with Gasteiger partial charge in [0, 0.05) is 16.1 Å². The highest BCUT2D eigenvalue weighted by atomic mass is 79.9. The van der Waals surface area contributed by atoms with Crippen LogP contribution < -0.4 is 4.18 Å². The van der Waals surface area contributed by atoms with Gasteiger partial charge in [-0.3, -0.25) is 4.98 Å². The molecular weight excluding hydrogens is 354 g/mol. The molecule has 0 saturated heterocycles. The van der Waals surface area contributed by atoms with Gasteiger partial charge in [0.05, 0.1) is 0 Å². The van der Waals surface area contributed by atoms with Crippen molar-refractivity contribution in [2.24, 2.45) is 0 Å². The molecule has 4 nitrogen and oxygen atoms in total. The summed E-state index contributed by atoms with van der Waals surface area (Å²) in [6.45, 7) is 0. The summed E-state index contributed by atoms with van der Waals surface area (Å²) in [6.07, 6.45) is 1.59. The lowest BCUT2D eigenvalue weighted by molar-refractivity contribution is 0.488. The minimum absolute atomic E-state index is 0.108. The lowest BCUT2D eigenvalue weighted by atomic mass is 10.2. The molecule has 106 valence electrons. The van der Waals surface area contributed by atoms with E-state index in [2.05, 4.69) is 20.9 Å². The highest BCUT2D eigenvalue weighted by molar-refractivity contribution is 9.10. The maximum atomic E-state index is 12.3. The third-order valence-electron chi connectivity index (χ3n) is 2.91. The smallest absolute Gasteiger partial charge is 0.339 e. The molecule has 0 atom stereocenters. The second-order valence-corrected chi connectivity index (χ2v) is 6.70. The Morgan fingerprint density at radius 1 is 0.952 bits per heavy atom. The summed E-state index contributed by atoms with van der Waals surface area (Å²) in [5, 5.41) is 0.790. The Bertz CT molecular complexity index is 895. The number of fused-ring (bicyclic) bond motifs is 1. The van der Waals surface area contributed by atoms with Crippen molar-refractivity contribution in [1.29, 1.82) is 0 Å². The second-order valence-electron chi connectivity index (χ2n) is 4.30. The zero-order valence-corrected chi connectivity index (χ0v) is 13.1. The summed E-state index contributed by atoms with van der Waals surface area (Å²) < 4.78 is 30.6. The zero-order chi connectivity index (χ0) is 14.9. The molecule has 6 heteroatoms. The number of halogens is 1. The number of para-hydroxylation sites is 1. The van der Waals surface area contributed by atoms with Crippen LogP contribution in [0, 0.1) is 0 Å². The summed E-state index contributed by atoms with van der Waals surface area (Å²) in [7, 11) is -3.87. The first kappa shape index (κ1) is 14.0. The summed E-state index contributed by atoms with van der Waals surface area (Å²) in [4.78, 5) is 4.31. The van der Waals surface area contributed by atoms with Crippen LogP contribution in [0.25, 0.3) is 10.9 Å². The number of rotatable bonds is 3. The van der Waals surface area contributed by atoms with E-state index in [1.54, 1.807) is 42.6 Å². The van der Waals surface area contributed by atoms with E-state index in [1.807, 2.05) is 6.07 Å². The van der Waals surface area contributed by atoms with Crippen molar-refractivity contribution >= 4 is 37.0 Å². The van der Waals surface area contributed by atoms with Gasteiger partial charge in [-0.1, -0.05) is 46.3 Å². The molecule has 0 fully saturated rings. The molecule has 0 saturated carbocycles. The molecule has 0 spiro atoms. The number of pyridine rings is 1. The predicted octanol–water partition coefficient (Wildman–Crippen LogP) is 3.77. The summed E-state index contributed by atoms with van der Waals surface area (Å²) >= 11 is 3.41. The fourth-order valence-electron chi connectivity index (χ4n) is 1.94. The Labute approximate surface area is 130 Å². The van der Waals surface area contributed by atoms with E-state index in [1.165, 1.54) is 12.1 Å². The first-order valence-electron chi connectivity index (χ1n) is 6.11. The fourth-order valence-corrected chi connectivity index (χ4v) is 3.33. The molecule has 0 unspecified atom stereocenters. The molecule has 3 aromatic rings. The zero-order valence-electron chi connectivity index (χ0n) is 10.7. The summed E-state index contributed by atoms with van der Waals surface area (Å²) in [5.74, 6) is 0.206. The van der Waals surface area contributed by atoms with Gasteiger partial charge in [0.2, 0.25) is 0 Å². The van der Waals surface area contributed by atoms with Crippen LogP contribution in [-0.4, -0.2) is 13.4 Å². The number of hydrogen-bond donors (Lipinski definition) is 0. The van der Waals surface area contributed by atoms with Gasteiger partial charge in [-0.15, -0.1) is 0 Å². The van der Waals surface area contributed by atoms with Crippen molar-refractivity contribution < 1.29 is 12.6 Å². The number of nitrogens with zero attached hydrogens (tertiary/aromatic N) is 1. The topological polar surface area (TPSA) is 56.3 Å². The molecular formula is C15H10BrNO3S. The first-order valence-corrected chi connectivity index (χ1v) is 8.31. The summed E-state index contributed by atoms with van der Waals surface area (Å²) in [6, 6.07) is 15.0. The van der Waals surface area contributed by atoms with Crippen LogP contribution in [0.5, 0.6) is 5.75 Å². The van der Waals surface area contributed by atoms with Crippen LogP contribution in [0.1, 0.15) is 0 Å². The van der Waals surface area contributed by atoms with Crippen molar-refractivity contribution in [2.75, 3.05) is 0 Å². The third kappa shape index (κ3) is 2.77. The van der Waals surface area contributed by atoms with Gasteiger partial charge in [0.15, 0.2) is 5.75 Å². The normalized spacial score (nSPS) is 11.5. The molecule has 0 amide bonds. The second kappa shape index (κ2) is 5.46.